The summed E-state index contributed by atoms with van der Waals surface area (Å²) in [5, 5.41) is 1.05. The van der Waals surface area contributed by atoms with Crippen LogP contribution in [0.5, 0.6) is 5.75 Å². The third-order valence-corrected chi connectivity index (χ3v) is 4.88. The number of carbonyl (C=O) groups excluding carboxylic acids is 1. The minimum absolute atomic E-state index is 0. The molecule has 124 valence electrons. The maximum atomic E-state index is 12.6. The summed E-state index contributed by atoms with van der Waals surface area (Å²) in [6, 6.07) is 12.1. The molecule has 2 aromatic carbocycles. The van der Waals surface area contributed by atoms with Gasteiger partial charge in [-0.15, -0.1) is 0 Å². The summed E-state index contributed by atoms with van der Waals surface area (Å²) in [5.74, 6) is 0.877. The van der Waals surface area contributed by atoms with Crippen molar-refractivity contribution in [3.63, 3.8) is 0 Å². The minimum atomic E-state index is 0. The van der Waals surface area contributed by atoms with Crippen molar-refractivity contribution in [3.05, 3.63) is 58.7 Å². The molecular weight excluding hydrogens is 310 g/mol. The fourth-order valence-corrected chi connectivity index (χ4v) is 3.82. The number of carbonyl (C=O) groups is 1. The van der Waals surface area contributed by atoms with Crippen LogP contribution in [0.1, 0.15) is 46.8 Å². The molecule has 0 fully saturated rings. The first-order valence-corrected chi connectivity index (χ1v) is 9.13. The maximum absolute atomic E-state index is 12.6. The number of hydrogen-bond donors (Lipinski definition) is 0. The van der Waals surface area contributed by atoms with Crippen molar-refractivity contribution in [2.45, 2.75) is 40.5 Å². The van der Waals surface area contributed by atoms with E-state index in [4.69, 9.17) is 4.74 Å². The summed E-state index contributed by atoms with van der Waals surface area (Å²) < 4.78 is 5.66. The number of ether oxygens (including phenoxy) is 1. The van der Waals surface area contributed by atoms with Crippen LogP contribution in [0, 0.1) is 20.8 Å². The van der Waals surface area contributed by atoms with E-state index in [2.05, 4.69) is 26.0 Å². The molecule has 1 unspecified atom stereocenters. The Morgan fingerprint density at radius 3 is 2.17 bits per heavy atom. The van der Waals surface area contributed by atoms with E-state index in [9.17, 15) is 4.79 Å². The molecule has 0 bridgehead atoms. The Morgan fingerprint density at radius 2 is 1.62 bits per heavy atom. The van der Waals surface area contributed by atoms with Crippen molar-refractivity contribution in [1.82, 2.24) is 0 Å². The third-order valence-electron chi connectivity index (χ3n) is 3.78. The Hall–Kier alpha value is -1.06. The van der Waals surface area contributed by atoms with Gasteiger partial charge in [-0.05, 0) is 64.3 Å². The average molecular weight is 336 g/mol. The van der Waals surface area contributed by atoms with Gasteiger partial charge in [-0.25, -0.2) is 0 Å². The van der Waals surface area contributed by atoms with Crippen LogP contribution in [-0.4, -0.2) is 31.0 Å². The van der Waals surface area contributed by atoms with E-state index in [1.165, 1.54) is 5.56 Å². The number of rotatable bonds is 7. The monoisotopic (exact) mass is 336 g/mol. The Bertz CT molecular complexity index is 658. The van der Waals surface area contributed by atoms with Crippen LogP contribution in [-0.2, 0) is 0 Å². The van der Waals surface area contributed by atoms with Gasteiger partial charge < -0.3 is 4.74 Å². The van der Waals surface area contributed by atoms with Crippen LogP contribution in [0.25, 0.3) is 0 Å². The number of unbranched alkanes of at least 4 members (excludes halogenated alkanes) is 1. The molecule has 0 N–H and O–H groups in total. The second-order valence-corrected chi connectivity index (χ2v) is 7.24. The molecule has 2 aromatic rings. The van der Waals surface area contributed by atoms with Crippen LogP contribution in [0.2, 0.25) is 0 Å². The summed E-state index contributed by atoms with van der Waals surface area (Å²) in [6.45, 7) is 8.99. The summed E-state index contributed by atoms with van der Waals surface area (Å²) >= 11 is 0. The number of hydrogen-bond acceptors (Lipinski definition) is 2. The molecule has 0 heterocycles. The first-order chi connectivity index (χ1) is 11.0. The summed E-state index contributed by atoms with van der Waals surface area (Å²) in [6.07, 6.45) is 2.19. The zero-order chi connectivity index (χ0) is 16.8. The van der Waals surface area contributed by atoms with E-state index in [0.29, 0.717) is 0 Å². The van der Waals surface area contributed by atoms with Gasteiger partial charge in [0.15, 0.2) is 5.52 Å². The van der Waals surface area contributed by atoms with E-state index >= 15 is 0 Å². The number of aryl methyl sites for hydroxylation is 3. The van der Waals surface area contributed by atoms with Crippen molar-refractivity contribution in [3.8, 4) is 5.75 Å². The van der Waals surface area contributed by atoms with Crippen molar-refractivity contribution < 1.29 is 9.53 Å². The van der Waals surface area contributed by atoms with E-state index in [1.807, 2.05) is 38.1 Å². The van der Waals surface area contributed by atoms with Crippen LogP contribution < -0.4 is 10.0 Å². The normalized spacial score (nSPS) is 10.7. The predicted molar refractivity (Wildman–Crippen MR) is 107 cm³/mol. The molecule has 4 heteroatoms. The SMILES string of the molecule is CCCCOc1ccc(PC(=O)c2c(C)cc(C)cc2C)cc1.[LiH]. The van der Waals surface area contributed by atoms with Crippen LogP contribution >= 0.6 is 8.58 Å². The average Bonchev–Trinajstić information content (AvgIpc) is 2.48. The molecule has 0 aliphatic heterocycles. The van der Waals surface area contributed by atoms with Gasteiger partial charge in [-0.2, -0.15) is 0 Å². The van der Waals surface area contributed by atoms with Crippen LogP contribution in [0.15, 0.2) is 36.4 Å². The molecular formula is C20H26LiO2P. The first kappa shape index (κ1) is 21.0. The van der Waals surface area contributed by atoms with Crippen molar-refractivity contribution in [2.75, 3.05) is 6.61 Å². The molecule has 0 amide bonds. The first-order valence-electron chi connectivity index (χ1n) is 8.13. The molecule has 0 aliphatic rings. The quantitative estimate of drug-likeness (QED) is 0.428. The molecule has 1 atom stereocenters. The summed E-state index contributed by atoms with van der Waals surface area (Å²) in [7, 11) is 0.150. The van der Waals surface area contributed by atoms with Gasteiger partial charge in [0.2, 0.25) is 0 Å². The van der Waals surface area contributed by atoms with Gasteiger partial charge in [0.05, 0.1) is 6.61 Å². The molecule has 2 rings (SSSR count). The fourth-order valence-electron chi connectivity index (χ4n) is 2.70. The second-order valence-electron chi connectivity index (χ2n) is 5.95. The molecule has 0 radical (unpaired) electrons. The second kappa shape index (κ2) is 10.0. The topological polar surface area (TPSA) is 26.3 Å². The zero-order valence-electron chi connectivity index (χ0n) is 14.4. The molecule has 0 spiro atoms. The van der Waals surface area contributed by atoms with E-state index in [-0.39, 0.29) is 33.0 Å². The third kappa shape index (κ3) is 5.78. The molecule has 24 heavy (non-hydrogen) atoms. The molecule has 0 saturated carbocycles. The summed E-state index contributed by atoms with van der Waals surface area (Å²) in [4.78, 5) is 12.6. The fraction of sp³-hybridized carbons (Fsp3) is 0.350. The van der Waals surface area contributed by atoms with Crippen LogP contribution in [0.4, 0.5) is 0 Å². The number of benzene rings is 2. The van der Waals surface area contributed by atoms with E-state index in [1.54, 1.807) is 0 Å². The summed E-state index contributed by atoms with van der Waals surface area (Å²) in [5.41, 5.74) is 4.42. The van der Waals surface area contributed by atoms with Gasteiger partial charge in [-0.3, -0.25) is 4.79 Å². The van der Waals surface area contributed by atoms with Crippen molar-refractivity contribution in [1.29, 1.82) is 0 Å². The molecule has 2 nitrogen and oxygen atoms in total. The van der Waals surface area contributed by atoms with Gasteiger partial charge in [-0.1, -0.05) is 43.2 Å². The Labute approximate surface area is 159 Å². The predicted octanol–water partition coefficient (Wildman–Crippen LogP) is 4.29. The van der Waals surface area contributed by atoms with E-state index in [0.717, 1.165) is 47.2 Å². The van der Waals surface area contributed by atoms with Crippen LogP contribution in [0.3, 0.4) is 0 Å². The Balaban J connectivity index is 0.00000288. The molecule has 0 saturated heterocycles. The Kier molecular flexibility index (Phi) is 8.78. The van der Waals surface area contributed by atoms with E-state index < -0.39 is 0 Å². The van der Waals surface area contributed by atoms with Gasteiger partial charge in [0.25, 0.3) is 0 Å². The van der Waals surface area contributed by atoms with Gasteiger partial charge in [0, 0.05) is 5.56 Å². The zero-order valence-corrected chi connectivity index (χ0v) is 15.4. The standard InChI is InChI=1S/C20H25O2P.Li.H/c1-5-6-11-22-17-7-9-18(10-8-17)23-20(21)19-15(3)12-14(2)13-16(19)4;;/h7-10,12-13,23H,5-6,11H2,1-4H3;;. The van der Waals surface area contributed by atoms with Gasteiger partial charge >= 0.3 is 18.9 Å². The molecule has 0 aliphatic carbocycles. The van der Waals surface area contributed by atoms with Gasteiger partial charge in [0.1, 0.15) is 5.75 Å². The van der Waals surface area contributed by atoms with Crippen molar-refractivity contribution in [2.24, 2.45) is 0 Å². The van der Waals surface area contributed by atoms with Crippen molar-refractivity contribution >= 4 is 38.3 Å². The Morgan fingerprint density at radius 1 is 1.04 bits per heavy atom. The molecule has 0 aromatic heterocycles.